The Balaban J connectivity index is 1.09. The number of nitrogens with zero attached hydrogens (tertiary/aromatic N) is 4. The fraction of sp³-hybridized carbons (Fsp3) is 0.200. The van der Waals surface area contributed by atoms with Crippen LogP contribution in [0.2, 0.25) is 0 Å². The van der Waals surface area contributed by atoms with Gasteiger partial charge in [-0.3, -0.25) is 4.72 Å². The van der Waals surface area contributed by atoms with E-state index in [-0.39, 0.29) is 43.7 Å². The third-order valence-corrected chi connectivity index (χ3v) is 10.0. The maximum Gasteiger partial charge on any atom is 0.410 e. The van der Waals surface area contributed by atoms with Gasteiger partial charge in [0.25, 0.3) is 0 Å². The third-order valence-electron chi connectivity index (χ3n) is 8.77. The molecule has 0 aliphatic carbocycles. The summed E-state index contributed by atoms with van der Waals surface area (Å²) in [5.74, 6) is 0.870. The number of hydrogen-bond donors (Lipinski definition) is 2. The number of ether oxygens (including phenoxy) is 2. The third kappa shape index (κ3) is 8.70. The average Bonchev–Trinajstić information content (AvgIpc) is 3.15. The quantitative estimate of drug-likeness (QED) is 0.136. The van der Waals surface area contributed by atoms with Crippen LogP contribution in [-0.4, -0.2) is 59.7 Å². The second-order valence-electron chi connectivity index (χ2n) is 12.8. The van der Waals surface area contributed by atoms with E-state index in [1.807, 2.05) is 67.6 Å². The van der Waals surface area contributed by atoms with Crippen molar-refractivity contribution in [3.05, 3.63) is 138 Å². The minimum Gasteiger partial charge on any atom is -0.445 e. The van der Waals surface area contributed by atoms with Crippen molar-refractivity contribution in [3.63, 3.8) is 0 Å². The Hall–Kier alpha value is -6.08. The summed E-state index contributed by atoms with van der Waals surface area (Å²) in [4.78, 5) is 27.8. The Kier molecular flexibility index (Phi) is 10.4. The molecule has 2 N–H and O–H groups in total. The SMILES string of the molecule is Cc1ccc2c(NS(=O)(=O)Cc3ccccc3)cccc2c1Oc1ncccc1-c1ccnc(N[C@@H]2C[C@H](F)CN(C(=O)OCc3ccccc3)C2)n1. The Bertz CT molecular complexity index is 2330. The van der Waals surface area contributed by atoms with Crippen LogP contribution in [0.5, 0.6) is 11.6 Å². The molecule has 1 aliphatic rings. The lowest BCUT2D eigenvalue weighted by molar-refractivity contribution is 0.0685. The van der Waals surface area contributed by atoms with Crippen LogP contribution in [0.3, 0.4) is 0 Å². The van der Waals surface area contributed by atoms with E-state index in [4.69, 9.17) is 14.5 Å². The number of nitrogens with one attached hydrogen (secondary N) is 2. The number of aryl methyl sites for hydroxylation is 1. The smallest absolute Gasteiger partial charge is 0.410 e. The van der Waals surface area contributed by atoms with Crippen molar-refractivity contribution < 1.29 is 27.1 Å². The summed E-state index contributed by atoms with van der Waals surface area (Å²) in [6.07, 6.45) is 1.52. The highest BCUT2D eigenvalue weighted by Crippen LogP contribution is 2.39. The van der Waals surface area contributed by atoms with Gasteiger partial charge < -0.3 is 19.7 Å². The number of carbonyl (C=O) groups excluding carboxylic acids is 1. The second-order valence-corrected chi connectivity index (χ2v) is 14.5. The summed E-state index contributed by atoms with van der Waals surface area (Å²) in [5.41, 5.74) is 3.84. The number of piperidine rings is 1. The maximum atomic E-state index is 14.9. The predicted molar refractivity (Wildman–Crippen MR) is 202 cm³/mol. The lowest BCUT2D eigenvalue weighted by Crippen LogP contribution is -2.50. The molecule has 270 valence electrons. The normalized spacial score (nSPS) is 15.8. The zero-order valence-electron chi connectivity index (χ0n) is 28.9. The number of hydrogen-bond acceptors (Lipinski definition) is 9. The van der Waals surface area contributed by atoms with Crippen LogP contribution in [-0.2, 0) is 27.1 Å². The average molecular weight is 733 g/mol. The molecule has 0 unspecified atom stereocenters. The van der Waals surface area contributed by atoms with Gasteiger partial charge in [-0.15, -0.1) is 0 Å². The lowest BCUT2D eigenvalue weighted by Gasteiger charge is -2.34. The van der Waals surface area contributed by atoms with E-state index in [9.17, 15) is 17.6 Å². The molecule has 7 rings (SSSR count). The number of likely N-dealkylation sites (tertiary alicyclic amines) is 1. The number of benzene rings is 4. The molecule has 13 heteroatoms. The molecule has 11 nitrogen and oxygen atoms in total. The molecule has 1 fully saturated rings. The summed E-state index contributed by atoms with van der Waals surface area (Å²) in [6.45, 7) is 2.16. The Morgan fingerprint density at radius 1 is 0.849 bits per heavy atom. The van der Waals surface area contributed by atoms with Crippen LogP contribution in [0.25, 0.3) is 22.0 Å². The Labute approximate surface area is 306 Å². The van der Waals surface area contributed by atoms with E-state index in [0.29, 0.717) is 39.0 Å². The van der Waals surface area contributed by atoms with Gasteiger partial charge in [-0.2, -0.15) is 0 Å². The molecule has 3 heterocycles. The number of amides is 1. The van der Waals surface area contributed by atoms with E-state index in [2.05, 4.69) is 20.0 Å². The maximum absolute atomic E-state index is 14.9. The van der Waals surface area contributed by atoms with Crippen LogP contribution in [0, 0.1) is 6.92 Å². The van der Waals surface area contributed by atoms with Gasteiger partial charge in [0.05, 0.1) is 29.2 Å². The molecule has 1 aliphatic heterocycles. The number of aromatic nitrogens is 3. The van der Waals surface area contributed by atoms with Crippen LogP contribution < -0.4 is 14.8 Å². The van der Waals surface area contributed by atoms with E-state index in [1.165, 1.54) is 4.90 Å². The number of anilines is 2. The summed E-state index contributed by atoms with van der Waals surface area (Å²) in [6, 6.07) is 32.2. The monoisotopic (exact) mass is 732 g/mol. The van der Waals surface area contributed by atoms with Crippen LogP contribution in [0.1, 0.15) is 23.1 Å². The molecule has 53 heavy (non-hydrogen) atoms. The van der Waals surface area contributed by atoms with Gasteiger partial charge >= 0.3 is 6.09 Å². The highest BCUT2D eigenvalue weighted by atomic mass is 32.2. The number of fused-ring (bicyclic) bond motifs is 1. The summed E-state index contributed by atoms with van der Waals surface area (Å²) in [5, 5.41) is 4.54. The van der Waals surface area contributed by atoms with Crippen molar-refractivity contribution in [1.29, 1.82) is 0 Å². The zero-order valence-corrected chi connectivity index (χ0v) is 29.7. The van der Waals surface area contributed by atoms with Crippen molar-refractivity contribution in [1.82, 2.24) is 19.9 Å². The van der Waals surface area contributed by atoms with Crippen molar-refractivity contribution in [2.24, 2.45) is 0 Å². The highest BCUT2D eigenvalue weighted by molar-refractivity contribution is 7.91. The molecule has 0 spiro atoms. The fourth-order valence-electron chi connectivity index (χ4n) is 6.29. The molecule has 6 aromatic rings. The van der Waals surface area contributed by atoms with E-state index < -0.39 is 28.3 Å². The van der Waals surface area contributed by atoms with Crippen molar-refractivity contribution in [2.45, 2.75) is 37.9 Å². The number of alkyl halides is 1. The molecule has 2 aromatic heterocycles. The molecule has 1 saturated heterocycles. The molecule has 1 amide bonds. The van der Waals surface area contributed by atoms with Gasteiger partial charge in [0.2, 0.25) is 21.9 Å². The number of halogens is 1. The van der Waals surface area contributed by atoms with Gasteiger partial charge in [-0.1, -0.05) is 84.9 Å². The first-order chi connectivity index (χ1) is 25.7. The molecule has 2 atom stereocenters. The first kappa shape index (κ1) is 35.3. The largest absolute Gasteiger partial charge is 0.445 e. The molecular formula is C40H37FN6O5S. The van der Waals surface area contributed by atoms with Crippen molar-refractivity contribution in [3.8, 4) is 22.9 Å². The van der Waals surface area contributed by atoms with Crippen LogP contribution >= 0.6 is 0 Å². The van der Waals surface area contributed by atoms with Gasteiger partial charge in [0.15, 0.2) is 0 Å². The lowest BCUT2D eigenvalue weighted by atomic mass is 10.0. The van der Waals surface area contributed by atoms with Gasteiger partial charge in [-0.05, 0) is 47.9 Å². The zero-order chi connectivity index (χ0) is 36.8. The fourth-order valence-corrected chi connectivity index (χ4v) is 7.50. The molecule has 0 saturated carbocycles. The van der Waals surface area contributed by atoms with Crippen LogP contribution in [0.15, 0.2) is 122 Å². The Morgan fingerprint density at radius 3 is 2.42 bits per heavy atom. The minimum atomic E-state index is -3.71. The van der Waals surface area contributed by atoms with Crippen molar-refractivity contribution in [2.75, 3.05) is 23.1 Å². The molecule has 0 bridgehead atoms. The summed E-state index contributed by atoms with van der Waals surface area (Å²) >= 11 is 0. The topological polar surface area (TPSA) is 136 Å². The minimum absolute atomic E-state index is 0.0578. The Morgan fingerprint density at radius 2 is 1.62 bits per heavy atom. The van der Waals surface area contributed by atoms with E-state index in [1.54, 1.807) is 60.9 Å². The summed E-state index contributed by atoms with van der Waals surface area (Å²) in [7, 11) is -3.71. The number of carbonyl (C=O) groups is 1. The van der Waals surface area contributed by atoms with E-state index >= 15 is 0 Å². The summed E-state index contributed by atoms with van der Waals surface area (Å²) < 4.78 is 55.8. The predicted octanol–water partition coefficient (Wildman–Crippen LogP) is 7.90. The first-order valence-electron chi connectivity index (χ1n) is 17.1. The molecular weight excluding hydrogens is 696 g/mol. The second kappa shape index (κ2) is 15.7. The van der Waals surface area contributed by atoms with Gasteiger partial charge in [-0.25, -0.2) is 32.6 Å². The molecule has 4 aromatic carbocycles. The van der Waals surface area contributed by atoms with Gasteiger partial charge in [0, 0.05) is 42.2 Å². The number of pyridine rings is 1. The number of rotatable bonds is 11. The van der Waals surface area contributed by atoms with Crippen molar-refractivity contribution >= 4 is 38.5 Å². The van der Waals surface area contributed by atoms with E-state index in [0.717, 1.165) is 11.1 Å². The van der Waals surface area contributed by atoms with Gasteiger partial charge in [0.1, 0.15) is 18.5 Å². The molecule has 0 radical (unpaired) electrons. The number of sulfonamides is 1. The first-order valence-corrected chi connectivity index (χ1v) is 18.8. The standard InChI is InChI=1S/C40H37FN6O5S/c1-27-17-18-32-33(14-8-16-36(32)46-53(49,50)26-29-12-6-3-7-13-29)37(27)52-38-34(15-9-20-42-38)35-19-21-43-39(45-35)44-31-22-30(41)23-47(24-31)40(48)51-25-28-10-4-2-5-11-28/h2-21,30-31,46H,22-26H2,1H3,(H,43,44,45)/t30-,31+/m0/s1. The highest BCUT2D eigenvalue weighted by Gasteiger charge is 2.31. The van der Waals surface area contributed by atoms with Crippen LogP contribution in [0.4, 0.5) is 20.8 Å².